The van der Waals surface area contributed by atoms with Crippen molar-refractivity contribution in [3.05, 3.63) is 0 Å². The average molecular weight is 490 g/mol. The van der Waals surface area contributed by atoms with Gasteiger partial charge in [0.15, 0.2) is 0 Å². The second kappa shape index (κ2) is 16.7. The molecule has 0 rings (SSSR count). The van der Waals surface area contributed by atoms with Crippen LogP contribution in [0.2, 0.25) is 0 Å². The Kier molecular flexibility index (Phi) is 15.8. The molecule has 0 aliphatic rings. The summed E-state index contributed by atoms with van der Waals surface area (Å²) in [5.41, 5.74) is 11.5. The van der Waals surface area contributed by atoms with Gasteiger partial charge in [-0.15, -0.1) is 0 Å². The van der Waals surface area contributed by atoms with Gasteiger partial charge in [-0.3, -0.25) is 14.4 Å². The molecule has 0 saturated heterocycles. The Morgan fingerprint density at radius 1 is 0.909 bits per heavy atom. The van der Waals surface area contributed by atoms with Gasteiger partial charge in [-0.1, -0.05) is 34.1 Å². The first-order valence-corrected chi connectivity index (χ1v) is 13.0. The average Bonchev–Trinajstić information content (AvgIpc) is 2.77. The number of nitrogens with two attached hydrogens (primary N) is 2. The largest absolute Gasteiger partial charge is 0.480 e. The first-order valence-electron chi connectivity index (χ1n) is 11.6. The third kappa shape index (κ3) is 11.7. The zero-order valence-corrected chi connectivity index (χ0v) is 21.4. The van der Waals surface area contributed by atoms with Crippen molar-refractivity contribution in [1.82, 2.24) is 16.0 Å². The number of rotatable bonds is 17. The number of hydrogen-bond donors (Lipinski definition) is 6. The van der Waals surface area contributed by atoms with Gasteiger partial charge in [0.1, 0.15) is 18.1 Å². The molecule has 5 unspecified atom stereocenters. The fourth-order valence-corrected chi connectivity index (χ4v) is 3.51. The van der Waals surface area contributed by atoms with Crippen LogP contribution in [0.15, 0.2) is 0 Å². The maximum Gasteiger partial charge on any atom is 0.326 e. The minimum absolute atomic E-state index is 0.106. The molecule has 0 heterocycles. The number of carbonyl (C=O) groups excluding carboxylic acids is 3. The molecule has 3 amide bonds. The van der Waals surface area contributed by atoms with E-state index in [0.717, 1.165) is 0 Å². The number of amides is 3. The normalized spacial score (nSPS) is 15.8. The molecule has 0 aromatic carbocycles. The monoisotopic (exact) mass is 489 g/mol. The van der Waals surface area contributed by atoms with Gasteiger partial charge in [0.05, 0.1) is 6.04 Å². The van der Waals surface area contributed by atoms with E-state index in [-0.39, 0.29) is 18.3 Å². The number of carboxylic acids is 1. The number of aliphatic carboxylic acids is 1. The number of unbranched alkanes of at least 4 members (excludes halogenated alkanes) is 1. The van der Waals surface area contributed by atoms with E-state index >= 15 is 0 Å². The molecule has 0 bridgehead atoms. The van der Waals surface area contributed by atoms with Crippen molar-refractivity contribution >= 4 is 35.5 Å². The summed E-state index contributed by atoms with van der Waals surface area (Å²) in [7, 11) is 0. The molecule has 0 fully saturated rings. The highest BCUT2D eigenvalue weighted by molar-refractivity contribution is 7.98. The van der Waals surface area contributed by atoms with E-state index in [9.17, 15) is 24.3 Å². The summed E-state index contributed by atoms with van der Waals surface area (Å²) in [4.78, 5) is 50.0. The van der Waals surface area contributed by atoms with Gasteiger partial charge in [0.25, 0.3) is 0 Å². The first-order chi connectivity index (χ1) is 15.5. The topological polar surface area (TPSA) is 177 Å². The zero-order valence-electron chi connectivity index (χ0n) is 20.6. The second-order valence-corrected chi connectivity index (χ2v) is 9.65. The highest BCUT2D eigenvalue weighted by atomic mass is 32.2. The number of nitrogens with one attached hydrogen (secondary N) is 3. The molecule has 0 saturated carbocycles. The summed E-state index contributed by atoms with van der Waals surface area (Å²) in [5, 5.41) is 17.4. The highest BCUT2D eigenvalue weighted by Crippen LogP contribution is 2.11. The van der Waals surface area contributed by atoms with Gasteiger partial charge in [-0.2, -0.15) is 11.8 Å². The molecule has 0 aromatic heterocycles. The molecule has 10 nitrogen and oxygen atoms in total. The minimum atomic E-state index is -1.12. The van der Waals surface area contributed by atoms with Gasteiger partial charge in [0.2, 0.25) is 17.7 Å². The Hall–Kier alpha value is -1.85. The molecule has 5 atom stereocenters. The summed E-state index contributed by atoms with van der Waals surface area (Å²) in [6, 6.07) is -3.62. The van der Waals surface area contributed by atoms with Crippen LogP contribution in [0.25, 0.3) is 0 Å². The molecule has 33 heavy (non-hydrogen) atoms. The van der Waals surface area contributed by atoms with Crippen LogP contribution in [-0.4, -0.2) is 71.5 Å². The van der Waals surface area contributed by atoms with Crippen molar-refractivity contribution in [2.24, 2.45) is 23.3 Å². The summed E-state index contributed by atoms with van der Waals surface area (Å²) < 4.78 is 0. The Balaban J connectivity index is 5.51. The fourth-order valence-electron chi connectivity index (χ4n) is 3.04. The predicted octanol–water partition coefficient (Wildman–Crippen LogP) is 0.437. The quantitative estimate of drug-likeness (QED) is 0.159. The number of carboxylic acid groups (broad SMARTS) is 1. The predicted molar refractivity (Wildman–Crippen MR) is 132 cm³/mol. The van der Waals surface area contributed by atoms with E-state index in [1.54, 1.807) is 6.92 Å². The second-order valence-electron chi connectivity index (χ2n) is 8.67. The Morgan fingerprint density at radius 3 is 2.00 bits per heavy atom. The van der Waals surface area contributed by atoms with E-state index in [1.807, 2.05) is 27.0 Å². The van der Waals surface area contributed by atoms with Crippen molar-refractivity contribution in [2.75, 3.05) is 18.6 Å². The number of thioether (sulfide) groups is 1. The lowest BCUT2D eigenvalue weighted by Gasteiger charge is -2.28. The van der Waals surface area contributed by atoms with E-state index < -0.39 is 47.9 Å². The smallest absolute Gasteiger partial charge is 0.326 e. The van der Waals surface area contributed by atoms with Crippen molar-refractivity contribution in [3.8, 4) is 0 Å². The van der Waals surface area contributed by atoms with Crippen molar-refractivity contribution < 1.29 is 24.3 Å². The molecule has 0 aromatic rings. The lowest BCUT2D eigenvalue weighted by Crippen LogP contribution is -2.59. The van der Waals surface area contributed by atoms with Crippen molar-refractivity contribution in [2.45, 2.75) is 84.0 Å². The van der Waals surface area contributed by atoms with Gasteiger partial charge in [0, 0.05) is 0 Å². The maximum absolute atomic E-state index is 13.1. The zero-order chi connectivity index (χ0) is 25.6. The van der Waals surface area contributed by atoms with E-state index in [2.05, 4.69) is 16.0 Å². The lowest BCUT2D eigenvalue weighted by molar-refractivity contribution is -0.142. The Labute approximate surface area is 201 Å². The summed E-state index contributed by atoms with van der Waals surface area (Å²) in [6.45, 7) is 7.76. The van der Waals surface area contributed by atoms with Crippen LogP contribution in [0.1, 0.15) is 59.8 Å². The fraction of sp³-hybridized carbons (Fsp3) is 0.818. The first kappa shape index (κ1) is 31.1. The highest BCUT2D eigenvalue weighted by Gasteiger charge is 2.32. The Morgan fingerprint density at radius 2 is 1.52 bits per heavy atom. The van der Waals surface area contributed by atoms with Gasteiger partial charge >= 0.3 is 5.97 Å². The van der Waals surface area contributed by atoms with Gasteiger partial charge < -0.3 is 32.5 Å². The van der Waals surface area contributed by atoms with Crippen LogP contribution >= 0.6 is 11.8 Å². The van der Waals surface area contributed by atoms with Crippen LogP contribution in [0, 0.1) is 11.8 Å². The Bertz CT molecular complexity index is 634. The van der Waals surface area contributed by atoms with Gasteiger partial charge in [-0.25, -0.2) is 4.79 Å². The number of carbonyl (C=O) groups is 4. The maximum atomic E-state index is 13.1. The van der Waals surface area contributed by atoms with Crippen LogP contribution in [0.4, 0.5) is 0 Å². The molecular formula is C22H43N5O5S. The van der Waals surface area contributed by atoms with Crippen LogP contribution in [0.3, 0.4) is 0 Å². The van der Waals surface area contributed by atoms with Crippen LogP contribution in [0.5, 0.6) is 0 Å². The van der Waals surface area contributed by atoms with Gasteiger partial charge in [-0.05, 0) is 56.1 Å². The molecule has 8 N–H and O–H groups in total. The SMILES string of the molecule is CCC(C)C(NC(=O)C(CCCCN)NC(=O)C(N)C(C)C)C(=O)NC(CCSC)C(=O)O. The van der Waals surface area contributed by atoms with Crippen molar-refractivity contribution in [1.29, 1.82) is 0 Å². The standard InChI is InChI=1S/C22H43N5O5S/c1-6-14(4)18(21(30)26-16(22(31)32)10-12-33-5)27-19(28)15(9-7-8-11-23)25-20(29)17(24)13(2)3/h13-18H,6-12,23-24H2,1-5H3,(H,25,29)(H,26,30)(H,27,28)(H,31,32). The van der Waals surface area contributed by atoms with E-state index in [1.165, 1.54) is 11.8 Å². The molecule has 0 radical (unpaired) electrons. The van der Waals surface area contributed by atoms with Crippen LogP contribution in [-0.2, 0) is 19.2 Å². The molecular weight excluding hydrogens is 446 g/mol. The minimum Gasteiger partial charge on any atom is -0.480 e. The third-order valence-corrected chi connectivity index (χ3v) is 6.26. The van der Waals surface area contributed by atoms with Crippen LogP contribution < -0.4 is 27.4 Å². The van der Waals surface area contributed by atoms with Crippen molar-refractivity contribution in [3.63, 3.8) is 0 Å². The van der Waals surface area contributed by atoms with E-state index in [0.29, 0.717) is 38.0 Å². The van der Waals surface area contributed by atoms with E-state index in [4.69, 9.17) is 11.5 Å². The third-order valence-electron chi connectivity index (χ3n) is 5.62. The number of hydrogen-bond acceptors (Lipinski definition) is 7. The molecule has 0 aliphatic heterocycles. The summed E-state index contributed by atoms with van der Waals surface area (Å²) in [6.07, 6.45) is 4.35. The molecule has 0 aliphatic carbocycles. The molecule has 192 valence electrons. The molecule has 0 spiro atoms. The summed E-state index contributed by atoms with van der Waals surface area (Å²) in [5.74, 6) is -2.41. The lowest BCUT2D eigenvalue weighted by atomic mass is 9.96. The molecule has 11 heteroatoms. The summed E-state index contributed by atoms with van der Waals surface area (Å²) >= 11 is 1.48.